The zero-order valence-electron chi connectivity index (χ0n) is 10.4. The molecule has 0 aromatic heterocycles. The van der Waals surface area contributed by atoms with Gasteiger partial charge in [-0.3, -0.25) is 0 Å². The van der Waals surface area contributed by atoms with Crippen LogP contribution < -0.4 is 4.90 Å². The van der Waals surface area contributed by atoms with Crippen molar-refractivity contribution in [2.75, 3.05) is 11.4 Å². The van der Waals surface area contributed by atoms with Crippen molar-refractivity contribution in [1.82, 2.24) is 0 Å². The van der Waals surface area contributed by atoms with E-state index in [1.807, 2.05) is 6.07 Å². The molecule has 0 radical (unpaired) electrons. The van der Waals surface area contributed by atoms with Gasteiger partial charge in [-0.1, -0.05) is 22.9 Å². The van der Waals surface area contributed by atoms with E-state index in [4.69, 9.17) is 0 Å². The van der Waals surface area contributed by atoms with Crippen LogP contribution in [-0.2, 0) is 5.33 Å². The second kappa shape index (κ2) is 5.38. The Bertz CT molecular complexity index is 394. The smallest absolute Gasteiger partial charge is 0.123 e. The Morgan fingerprint density at radius 1 is 1.35 bits per heavy atom. The maximum absolute atomic E-state index is 13.2. The first kappa shape index (κ1) is 12.9. The van der Waals surface area contributed by atoms with Gasteiger partial charge in [0.2, 0.25) is 0 Å². The third-order valence-corrected chi connectivity index (χ3v) is 4.22. The lowest BCUT2D eigenvalue weighted by Gasteiger charge is -2.39. The lowest BCUT2D eigenvalue weighted by Crippen LogP contribution is -2.41. The first-order valence-corrected chi connectivity index (χ1v) is 7.35. The fourth-order valence-corrected chi connectivity index (χ4v) is 3.01. The average molecular weight is 300 g/mol. The molecule has 0 saturated carbocycles. The van der Waals surface area contributed by atoms with Crippen molar-refractivity contribution in [2.45, 2.75) is 38.1 Å². The van der Waals surface area contributed by atoms with Crippen LogP contribution in [0.15, 0.2) is 18.2 Å². The number of benzene rings is 1. The molecule has 1 aromatic carbocycles. The van der Waals surface area contributed by atoms with Crippen LogP contribution in [0.1, 0.15) is 32.3 Å². The van der Waals surface area contributed by atoms with Crippen LogP contribution in [0.4, 0.5) is 10.1 Å². The lowest BCUT2D eigenvalue weighted by molar-refractivity contribution is 0.390. The van der Waals surface area contributed by atoms with Crippen LogP contribution in [0.5, 0.6) is 0 Å². The second-order valence-corrected chi connectivity index (χ2v) is 5.65. The van der Waals surface area contributed by atoms with Gasteiger partial charge in [0.05, 0.1) is 0 Å². The van der Waals surface area contributed by atoms with Crippen LogP contribution in [0.2, 0.25) is 0 Å². The van der Waals surface area contributed by atoms with Crippen molar-refractivity contribution in [3.05, 3.63) is 29.6 Å². The molecule has 1 heterocycles. The molecule has 2 atom stereocenters. The first-order valence-electron chi connectivity index (χ1n) is 6.23. The number of piperidine rings is 1. The molecule has 94 valence electrons. The van der Waals surface area contributed by atoms with E-state index in [0.29, 0.717) is 11.4 Å². The lowest BCUT2D eigenvalue weighted by atomic mass is 9.94. The Kier molecular flexibility index (Phi) is 4.08. The van der Waals surface area contributed by atoms with Crippen LogP contribution in [-0.4, -0.2) is 12.6 Å². The number of nitrogens with zero attached hydrogens (tertiary/aromatic N) is 1. The highest BCUT2D eigenvalue weighted by molar-refractivity contribution is 9.08. The Morgan fingerprint density at radius 3 is 2.82 bits per heavy atom. The summed E-state index contributed by atoms with van der Waals surface area (Å²) in [7, 11) is 0. The molecule has 0 bridgehead atoms. The van der Waals surface area contributed by atoms with E-state index in [2.05, 4.69) is 34.7 Å². The van der Waals surface area contributed by atoms with E-state index in [-0.39, 0.29) is 5.82 Å². The molecule has 2 unspecified atom stereocenters. The minimum atomic E-state index is -0.152. The SMILES string of the molecule is CC1CCC(C)N(c2ccc(F)cc2CBr)C1. The third kappa shape index (κ3) is 2.82. The van der Waals surface area contributed by atoms with Crippen molar-refractivity contribution < 1.29 is 4.39 Å². The van der Waals surface area contributed by atoms with E-state index in [9.17, 15) is 4.39 Å². The summed E-state index contributed by atoms with van der Waals surface area (Å²) in [6.07, 6.45) is 2.52. The van der Waals surface area contributed by atoms with Gasteiger partial charge in [-0.05, 0) is 49.4 Å². The predicted octanol–water partition coefficient (Wildman–Crippen LogP) is 4.35. The molecule has 0 aliphatic carbocycles. The van der Waals surface area contributed by atoms with Crippen LogP contribution in [0.25, 0.3) is 0 Å². The van der Waals surface area contributed by atoms with Crippen molar-refractivity contribution >= 4 is 21.6 Å². The van der Waals surface area contributed by atoms with Crippen molar-refractivity contribution in [2.24, 2.45) is 5.92 Å². The van der Waals surface area contributed by atoms with Gasteiger partial charge >= 0.3 is 0 Å². The summed E-state index contributed by atoms with van der Waals surface area (Å²) in [6, 6.07) is 5.67. The number of anilines is 1. The van der Waals surface area contributed by atoms with Crippen LogP contribution in [0.3, 0.4) is 0 Å². The fraction of sp³-hybridized carbons (Fsp3) is 0.571. The number of rotatable bonds is 2. The highest BCUT2D eigenvalue weighted by atomic mass is 79.9. The molecular formula is C14H19BrFN. The summed E-state index contributed by atoms with van der Waals surface area (Å²) in [5.74, 6) is 0.570. The molecule has 1 aromatic rings. The zero-order chi connectivity index (χ0) is 12.4. The van der Waals surface area contributed by atoms with E-state index < -0.39 is 0 Å². The molecule has 1 aliphatic rings. The van der Waals surface area contributed by atoms with Gasteiger partial charge < -0.3 is 4.90 Å². The minimum Gasteiger partial charge on any atom is -0.368 e. The van der Waals surface area contributed by atoms with Gasteiger partial charge in [0.25, 0.3) is 0 Å². The van der Waals surface area contributed by atoms with E-state index in [0.717, 1.165) is 18.0 Å². The van der Waals surface area contributed by atoms with E-state index in [1.54, 1.807) is 12.1 Å². The third-order valence-electron chi connectivity index (χ3n) is 3.61. The monoisotopic (exact) mass is 299 g/mol. The Morgan fingerprint density at radius 2 is 2.12 bits per heavy atom. The minimum absolute atomic E-state index is 0.152. The predicted molar refractivity (Wildman–Crippen MR) is 74.2 cm³/mol. The fourth-order valence-electron chi connectivity index (χ4n) is 2.57. The molecule has 1 fully saturated rings. The second-order valence-electron chi connectivity index (χ2n) is 5.09. The Hall–Kier alpha value is -0.570. The quantitative estimate of drug-likeness (QED) is 0.734. The summed E-state index contributed by atoms with van der Waals surface area (Å²) in [6.45, 7) is 5.62. The Balaban J connectivity index is 2.31. The first-order chi connectivity index (χ1) is 8.11. The van der Waals surface area contributed by atoms with E-state index in [1.165, 1.54) is 18.5 Å². The molecule has 17 heavy (non-hydrogen) atoms. The highest BCUT2D eigenvalue weighted by Gasteiger charge is 2.24. The zero-order valence-corrected chi connectivity index (χ0v) is 12.0. The van der Waals surface area contributed by atoms with Gasteiger partial charge in [-0.2, -0.15) is 0 Å². The number of alkyl halides is 1. The normalized spacial score (nSPS) is 25.1. The van der Waals surface area contributed by atoms with E-state index >= 15 is 0 Å². The van der Waals surface area contributed by atoms with Crippen molar-refractivity contribution in [3.8, 4) is 0 Å². The summed E-state index contributed by atoms with van der Waals surface area (Å²) >= 11 is 3.45. The topological polar surface area (TPSA) is 3.24 Å². The molecule has 0 N–H and O–H groups in total. The summed E-state index contributed by atoms with van der Waals surface area (Å²) in [4.78, 5) is 2.42. The maximum atomic E-state index is 13.2. The van der Waals surface area contributed by atoms with Crippen LogP contribution in [0, 0.1) is 11.7 Å². The molecule has 0 spiro atoms. The van der Waals surface area contributed by atoms with Gasteiger partial charge in [0, 0.05) is 23.6 Å². The molecule has 2 rings (SSSR count). The largest absolute Gasteiger partial charge is 0.368 e. The molecule has 1 nitrogen and oxygen atoms in total. The Labute approximate surface area is 111 Å². The summed E-state index contributed by atoms with van der Waals surface area (Å²) in [5.41, 5.74) is 2.23. The average Bonchev–Trinajstić information content (AvgIpc) is 2.32. The molecule has 1 saturated heterocycles. The van der Waals surface area contributed by atoms with Crippen LogP contribution >= 0.6 is 15.9 Å². The number of halogens is 2. The molecular weight excluding hydrogens is 281 g/mol. The van der Waals surface area contributed by atoms with Gasteiger partial charge in [-0.25, -0.2) is 4.39 Å². The van der Waals surface area contributed by atoms with Crippen molar-refractivity contribution in [1.29, 1.82) is 0 Å². The van der Waals surface area contributed by atoms with Gasteiger partial charge in [0.15, 0.2) is 0 Å². The molecule has 1 aliphatic heterocycles. The molecule has 0 amide bonds. The molecule has 3 heteroatoms. The number of hydrogen-bond acceptors (Lipinski definition) is 1. The number of hydrogen-bond donors (Lipinski definition) is 0. The standard InChI is InChI=1S/C14H19BrFN/c1-10-3-4-11(2)17(9-10)14-6-5-13(16)7-12(14)8-15/h5-7,10-11H,3-4,8-9H2,1-2H3. The highest BCUT2D eigenvalue weighted by Crippen LogP contribution is 2.31. The van der Waals surface area contributed by atoms with Crippen molar-refractivity contribution in [3.63, 3.8) is 0 Å². The summed E-state index contributed by atoms with van der Waals surface area (Å²) in [5, 5.41) is 0.706. The van der Waals surface area contributed by atoms with Gasteiger partial charge in [-0.15, -0.1) is 0 Å². The maximum Gasteiger partial charge on any atom is 0.123 e. The summed E-state index contributed by atoms with van der Waals surface area (Å²) < 4.78 is 13.2. The van der Waals surface area contributed by atoms with Gasteiger partial charge in [0.1, 0.15) is 5.82 Å².